The van der Waals surface area contributed by atoms with Crippen LogP contribution in [0.2, 0.25) is 0 Å². The molecule has 1 amide bonds. The number of nitrogens with one attached hydrogen (secondary N) is 1. The number of hydrogen-bond donors (Lipinski definition) is 2. The molecule has 0 aliphatic carbocycles. The summed E-state index contributed by atoms with van der Waals surface area (Å²) < 4.78 is 0. The van der Waals surface area contributed by atoms with Crippen molar-refractivity contribution in [2.24, 2.45) is 5.73 Å². The van der Waals surface area contributed by atoms with Crippen LogP contribution in [0.15, 0.2) is 35.8 Å². The van der Waals surface area contributed by atoms with Crippen molar-refractivity contribution in [3.05, 3.63) is 52.0 Å². The Morgan fingerprint density at radius 1 is 1.47 bits per heavy atom. The van der Waals surface area contributed by atoms with Gasteiger partial charge in [-0.05, 0) is 18.2 Å². The number of amides is 1. The van der Waals surface area contributed by atoms with Crippen LogP contribution in [0.4, 0.5) is 0 Å². The second kappa shape index (κ2) is 6.69. The number of carbonyl (C=O) groups excluding carboxylic acids is 1. The van der Waals surface area contributed by atoms with Gasteiger partial charge >= 0.3 is 0 Å². The largest absolute Gasteiger partial charge is 0.346 e. The van der Waals surface area contributed by atoms with Crippen molar-refractivity contribution >= 4 is 17.2 Å². The molecular weight excluding hydrogens is 258 g/mol. The van der Waals surface area contributed by atoms with Gasteiger partial charge in [0.2, 0.25) is 0 Å². The van der Waals surface area contributed by atoms with E-state index in [4.69, 9.17) is 5.73 Å². The van der Waals surface area contributed by atoms with E-state index in [1.165, 1.54) is 11.3 Å². The molecule has 5 heteroatoms. The Hall–Kier alpha value is -2.16. The molecule has 0 atom stereocenters. The minimum atomic E-state index is -0.122. The van der Waals surface area contributed by atoms with Crippen LogP contribution in [-0.4, -0.2) is 17.4 Å². The number of rotatable bonds is 3. The van der Waals surface area contributed by atoms with Gasteiger partial charge < -0.3 is 11.1 Å². The van der Waals surface area contributed by atoms with Crippen molar-refractivity contribution in [3.8, 4) is 11.8 Å². The van der Waals surface area contributed by atoms with E-state index in [1.54, 1.807) is 17.6 Å². The topological polar surface area (TPSA) is 68.0 Å². The molecule has 2 rings (SSSR count). The van der Waals surface area contributed by atoms with Gasteiger partial charge in [0.1, 0.15) is 0 Å². The number of thiophene rings is 1. The fourth-order valence-electron chi connectivity index (χ4n) is 1.43. The third-order valence-corrected chi connectivity index (χ3v) is 3.18. The zero-order valence-electron chi connectivity index (χ0n) is 10.2. The summed E-state index contributed by atoms with van der Waals surface area (Å²) in [5.41, 5.74) is 6.74. The summed E-state index contributed by atoms with van der Waals surface area (Å²) in [5.74, 6) is 5.54. The van der Waals surface area contributed by atoms with Crippen molar-refractivity contribution in [2.75, 3.05) is 6.54 Å². The lowest BCUT2D eigenvalue weighted by Crippen LogP contribution is -2.22. The van der Waals surface area contributed by atoms with Gasteiger partial charge in [0, 0.05) is 11.6 Å². The van der Waals surface area contributed by atoms with E-state index in [-0.39, 0.29) is 5.91 Å². The quantitative estimate of drug-likeness (QED) is 0.829. The second-order valence-electron chi connectivity index (χ2n) is 3.71. The van der Waals surface area contributed by atoms with Crippen molar-refractivity contribution in [3.63, 3.8) is 0 Å². The van der Waals surface area contributed by atoms with Crippen LogP contribution < -0.4 is 11.1 Å². The fourth-order valence-corrected chi connectivity index (χ4v) is 2.19. The van der Waals surface area contributed by atoms with E-state index in [9.17, 15) is 4.79 Å². The second-order valence-corrected chi connectivity index (χ2v) is 4.62. The molecular formula is C14H13N3OS. The predicted molar refractivity (Wildman–Crippen MR) is 75.7 cm³/mol. The maximum Gasteiger partial charge on any atom is 0.252 e. The summed E-state index contributed by atoms with van der Waals surface area (Å²) in [6, 6.07) is 7.36. The van der Waals surface area contributed by atoms with Crippen molar-refractivity contribution in [2.45, 2.75) is 6.54 Å². The van der Waals surface area contributed by atoms with Crippen LogP contribution in [0, 0.1) is 11.8 Å². The highest BCUT2D eigenvalue weighted by atomic mass is 32.1. The number of hydrogen-bond acceptors (Lipinski definition) is 4. The van der Waals surface area contributed by atoms with Gasteiger partial charge in [-0.2, -0.15) is 0 Å². The minimum Gasteiger partial charge on any atom is -0.346 e. The van der Waals surface area contributed by atoms with Crippen LogP contribution in [0.25, 0.3) is 0 Å². The molecule has 0 saturated heterocycles. The van der Waals surface area contributed by atoms with Crippen molar-refractivity contribution < 1.29 is 4.79 Å². The number of nitrogens with two attached hydrogens (primary N) is 1. The average Bonchev–Trinajstić information content (AvgIpc) is 2.92. The van der Waals surface area contributed by atoms with Crippen LogP contribution in [0.1, 0.15) is 20.9 Å². The molecule has 0 aromatic carbocycles. The Labute approximate surface area is 115 Å². The normalized spacial score (nSPS) is 9.53. The summed E-state index contributed by atoms with van der Waals surface area (Å²) >= 11 is 1.43. The van der Waals surface area contributed by atoms with E-state index in [0.29, 0.717) is 18.7 Å². The lowest BCUT2D eigenvalue weighted by molar-refractivity contribution is 0.0951. The third-order valence-electron chi connectivity index (χ3n) is 2.33. The van der Waals surface area contributed by atoms with Gasteiger partial charge in [-0.15, -0.1) is 11.3 Å². The first-order chi connectivity index (χ1) is 9.29. The molecule has 0 aliphatic heterocycles. The highest BCUT2D eigenvalue weighted by molar-refractivity contribution is 7.10. The highest BCUT2D eigenvalue weighted by Crippen LogP contribution is 2.13. The maximum atomic E-state index is 11.9. The van der Waals surface area contributed by atoms with Crippen molar-refractivity contribution in [1.29, 1.82) is 0 Å². The van der Waals surface area contributed by atoms with Gasteiger partial charge in [0.15, 0.2) is 0 Å². The Bertz CT molecular complexity index is 610. The van der Waals surface area contributed by atoms with Gasteiger partial charge in [0.25, 0.3) is 5.91 Å². The monoisotopic (exact) mass is 271 g/mol. The lowest BCUT2D eigenvalue weighted by atomic mass is 10.3. The Balaban J connectivity index is 1.95. The van der Waals surface area contributed by atoms with Crippen LogP contribution in [0.3, 0.4) is 0 Å². The molecule has 2 heterocycles. The molecule has 0 bridgehead atoms. The smallest absolute Gasteiger partial charge is 0.252 e. The first-order valence-electron chi connectivity index (χ1n) is 5.75. The zero-order valence-corrected chi connectivity index (χ0v) is 11.0. The van der Waals surface area contributed by atoms with Crippen LogP contribution >= 0.6 is 11.3 Å². The molecule has 3 N–H and O–H groups in total. The lowest BCUT2D eigenvalue weighted by Gasteiger charge is -2.02. The van der Waals surface area contributed by atoms with E-state index in [2.05, 4.69) is 22.1 Å². The Kier molecular flexibility index (Phi) is 4.67. The first-order valence-corrected chi connectivity index (χ1v) is 6.63. The Morgan fingerprint density at radius 3 is 3.11 bits per heavy atom. The van der Waals surface area contributed by atoms with Gasteiger partial charge in [-0.1, -0.05) is 17.9 Å². The van der Waals surface area contributed by atoms with Crippen molar-refractivity contribution in [1.82, 2.24) is 10.3 Å². The molecule has 0 saturated carbocycles. The van der Waals surface area contributed by atoms with E-state index >= 15 is 0 Å². The summed E-state index contributed by atoms with van der Waals surface area (Å²) in [6.07, 6.45) is 1.70. The molecule has 2 aromatic heterocycles. The molecule has 19 heavy (non-hydrogen) atoms. The Morgan fingerprint density at radius 2 is 2.37 bits per heavy atom. The highest BCUT2D eigenvalue weighted by Gasteiger charge is 2.07. The third kappa shape index (κ3) is 3.91. The molecule has 0 unspecified atom stereocenters. The first kappa shape index (κ1) is 13.3. The summed E-state index contributed by atoms with van der Waals surface area (Å²) in [4.78, 5) is 16.9. The number of nitrogens with zero attached hydrogens (tertiary/aromatic N) is 1. The molecule has 2 aromatic rings. The van der Waals surface area contributed by atoms with Gasteiger partial charge in [0.05, 0.1) is 29.2 Å². The fraction of sp³-hybridized carbons (Fsp3) is 0.143. The molecule has 0 spiro atoms. The standard InChI is InChI=1S/C14H13N3OS/c15-6-3-5-13-8-11(10-19-13)14(18)17-9-12-4-1-2-7-16-12/h1-2,4,7-8,10H,6,9,15H2,(H,17,18). The number of carbonyl (C=O) groups is 1. The number of pyridine rings is 1. The van der Waals surface area contributed by atoms with E-state index < -0.39 is 0 Å². The van der Waals surface area contributed by atoms with Crippen LogP contribution in [0.5, 0.6) is 0 Å². The van der Waals surface area contributed by atoms with Gasteiger partial charge in [-0.25, -0.2) is 0 Å². The van der Waals surface area contributed by atoms with E-state index in [0.717, 1.165) is 10.6 Å². The van der Waals surface area contributed by atoms with Crippen LogP contribution in [-0.2, 0) is 6.54 Å². The molecule has 4 nitrogen and oxygen atoms in total. The molecule has 0 fully saturated rings. The molecule has 0 radical (unpaired) electrons. The summed E-state index contributed by atoms with van der Waals surface area (Å²) in [7, 11) is 0. The van der Waals surface area contributed by atoms with E-state index in [1.807, 2.05) is 18.2 Å². The predicted octanol–water partition coefficient (Wildman–Crippen LogP) is 1.38. The SMILES string of the molecule is NCC#Cc1cc(C(=O)NCc2ccccn2)cs1. The summed E-state index contributed by atoms with van der Waals surface area (Å²) in [5, 5.41) is 4.60. The van der Waals surface area contributed by atoms with Gasteiger partial charge in [-0.3, -0.25) is 9.78 Å². The zero-order chi connectivity index (χ0) is 13.5. The summed E-state index contributed by atoms with van der Waals surface area (Å²) in [6.45, 7) is 0.735. The molecule has 96 valence electrons. The number of aromatic nitrogens is 1. The maximum absolute atomic E-state index is 11.9. The molecule has 0 aliphatic rings. The minimum absolute atomic E-state index is 0.122. The average molecular weight is 271 g/mol.